The van der Waals surface area contributed by atoms with E-state index in [9.17, 15) is 0 Å². The van der Waals surface area contributed by atoms with E-state index in [1.165, 1.54) is 0 Å². The predicted octanol–water partition coefficient (Wildman–Crippen LogP) is 2.49. The Balaban J connectivity index is 2.82. The van der Waals surface area contributed by atoms with Crippen molar-refractivity contribution in [3.63, 3.8) is 0 Å². The molecule has 2 heteroatoms. The molecule has 1 nitrogen and oxygen atoms in total. The number of nitrogens with two attached hydrogens (primary N) is 1. The van der Waals surface area contributed by atoms with Crippen molar-refractivity contribution in [1.29, 1.82) is 0 Å². The molecule has 0 heterocycles. The molecular weight excluding hydrogens is 170 g/mol. The molecule has 0 aromatic heterocycles. The van der Waals surface area contributed by atoms with Gasteiger partial charge in [0.15, 0.2) is 0 Å². The van der Waals surface area contributed by atoms with Crippen LogP contribution in [0.1, 0.15) is 18.9 Å². The van der Waals surface area contributed by atoms with Crippen LogP contribution in [-0.2, 0) is 5.54 Å². The maximum atomic E-state index is 6.06. The van der Waals surface area contributed by atoms with Crippen LogP contribution in [0.15, 0.2) is 30.3 Å². The van der Waals surface area contributed by atoms with Gasteiger partial charge in [0, 0.05) is 11.4 Å². The number of rotatable bonds is 3. The largest absolute Gasteiger partial charge is 0.322 e. The van der Waals surface area contributed by atoms with Crippen LogP contribution in [0.4, 0.5) is 0 Å². The highest BCUT2D eigenvalue weighted by atomic mass is 35.5. The van der Waals surface area contributed by atoms with Gasteiger partial charge in [-0.2, -0.15) is 0 Å². The van der Waals surface area contributed by atoms with Crippen LogP contribution in [0, 0.1) is 0 Å². The summed E-state index contributed by atoms with van der Waals surface area (Å²) in [5.74, 6) is 0.599. The lowest BCUT2D eigenvalue weighted by Crippen LogP contribution is -2.33. The summed E-state index contributed by atoms with van der Waals surface area (Å²) in [5.41, 5.74) is 6.92. The lowest BCUT2D eigenvalue weighted by Gasteiger charge is -2.23. The first-order valence-electron chi connectivity index (χ1n) is 4.07. The second kappa shape index (κ2) is 3.92. The third-order valence-electron chi connectivity index (χ3n) is 2.05. The first-order valence-corrected chi connectivity index (χ1v) is 4.60. The molecule has 0 aliphatic heterocycles. The van der Waals surface area contributed by atoms with E-state index in [-0.39, 0.29) is 5.54 Å². The van der Waals surface area contributed by atoms with Gasteiger partial charge < -0.3 is 5.73 Å². The molecule has 0 saturated carbocycles. The van der Waals surface area contributed by atoms with Gasteiger partial charge in [0.25, 0.3) is 0 Å². The van der Waals surface area contributed by atoms with Crippen LogP contribution in [0.2, 0.25) is 0 Å². The zero-order chi connectivity index (χ0) is 9.03. The van der Waals surface area contributed by atoms with Crippen LogP contribution >= 0.6 is 11.6 Å². The second-order valence-electron chi connectivity index (χ2n) is 3.22. The van der Waals surface area contributed by atoms with Crippen molar-refractivity contribution >= 4 is 11.6 Å². The van der Waals surface area contributed by atoms with Crippen molar-refractivity contribution in [2.75, 3.05) is 5.88 Å². The fourth-order valence-electron chi connectivity index (χ4n) is 1.16. The summed E-state index contributed by atoms with van der Waals surface area (Å²) in [6.07, 6.45) is 0.804. The highest BCUT2D eigenvalue weighted by Gasteiger charge is 2.19. The number of alkyl halides is 1. The molecule has 0 spiro atoms. The Kier molecular flexibility index (Phi) is 3.12. The Morgan fingerprint density at radius 2 is 1.92 bits per heavy atom. The minimum Gasteiger partial charge on any atom is -0.322 e. The van der Waals surface area contributed by atoms with E-state index >= 15 is 0 Å². The predicted molar refractivity (Wildman–Crippen MR) is 53.3 cm³/mol. The summed E-state index contributed by atoms with van der Waals surface area (Å²) in [5, 5.41) is 0. The van der Waals surface area contributed by atoms with Crippen molar-refractivity contribution < 1.29 is 0 Å². The second-order valence-corrected chi connectivity index (χ2v) is 3.60. The lowest BCUT2D eigenvalue weighted by molar-refractivity contribution is 0.479. The average Bonchev–Trinajstić information content (AvgIpc) is 2.06. The zero-order valence-electron chi connectivity index (χ0n) is 7.26. The van der Waals surface area contributed by atoms with Crippen molar-refractivity contribution in [1.82, 2.24) is 0 Å². The summed E-state index contributed by atoms with van der Waals surface area (Å²) < 4.78 is 0. The molecule has 12 heavy (non-hydrogen) atoms. The zero-order valence-corrected chi connectivity index (χ0v) is 8.01. The quantitative estimate of drug-likeness (QED) is 0.716. The van der Waals surface area contributed by atoms with Crippen LogP contribution < -0.4 is 5.73 Å². The van der Waals surface area contributed by atoms with Crippen molar-refractivity contribution in [3.05, 3.63) is 35.9 Å². The molecule has 2 N–H and O–H groups in total. The van der Waals surface area contributed by atoms with Gasteiger partial charge in [-0.1, -0.05) is 30.3 Å². The summed E-state index contributed by atoms with van der Waals surface area (Å²) in [6.45, 7) is 2.00. The molecule has 66 valence electrons. The van der Waals surface area contributed by atoms with E-state index in [2.05, 4.69) is 0 Å². The number of benzene rings is 1. The van der Waals surface area contributed by atoms with Gasteiger partial charge in [0.05, 0.1) is 0 Å². The molecular formula is C10H14ClN. The summed E-state index contributed by atoms with van der Waals surface area (Å²) in [7, 11) is 0. The Morgan fingerprint density at radius 1 is 1.33 bits per heavy atom. The summed E-state index contributed by atoms with van der Waals surface area (Å²) >= 11 is 5.66. The first-order chi connectivity index (χ1) is 5.67. The van der Waals surface area contributed by atoms with Gasteiger partial charge in [-0.3, -0.25) is 0 Å². The lowest BCUT2D eigenvalue weighted by atomic mass is 9.91. The summed E-state index contributed by atoms with van der Waals surface area (Å²) in [4.78, 5) is 0. The molecule has 0 aliphatic carbocycles. The Hall–Kier alpha value is -0.530. The molecule has 0 saturated heterocycles. The summed E-state index contributed by atoms with van der Waals surface area (Å²) in [6, 6.07) is 10.0. The maximum absolute atomic E-state index is 6.06. The molecule has 1 atom stereocenters. The van der Waals surface area contributed by atoms with Gasteiger partial charge in [-0.25, -0.2) is 0 Å². The van der Waals surface area contributed by atoms with Gasteiger partial charge in [0.1, 0.15) is 0 Å². The van der Waals surface area contributed by atoms with Crippen molar-refractivity contribution in [2.24, 2.45) is 5.73 Å². The van der Waals surface area contributed by atoms with Gasteiger partial charge in [0.2, 0.25) is 0 Å². The fraction of sp³-hybridized carbons (Fsp3) is 0.400. The minimum atomic E-state index is -0.289. The smallest absolute Gasteiger partial charge is 0.0392 e. The average molecular weight is 184 g/mol. The SMILES string of the molecule is CC(N)(CCCl)c1ccccc1. The molecule has 0 radical (unpaired) electrons. The first kappa shape index (κ1) is 9.56. The molecule has 1 aromatic rings. The molecule has 0 aliphatic rings. The Morgan fingerprint density at radius 3 is 2.42 bits per heavy atom. The Labute approximate surface area is 78.5 Å². The number of hydrogen-bond acceptors (Lipinski definition) is 1. The maximum Gasteiger partial charge on any atom is 0.0392 e. The monoisotopic (exact) mass is 183 g/mol. The third kappa shape index (κ3) is 2.23. The van der Waals surface area contributed by atoms with Gasteiger partial charge in [-0.15, -0.1) is 11.6 Å². The van der Waals surface area contributed by atoms with E-state index in [1.807, 2.05) is 37.3 Å². The van der Waals surface area contributed by atoms with Crippen LogP contribution in [0.5, 0.6) is 0 Å². The number of hydrogen-bond donors (Lipinski definition) is 1. The van der Waals surface area contributed by atoms with E-state index in [0.29, 0.717) is 5.88 Å². The third-order valence-corrected chi connectivity index (χ3v) is 2.24. The molecule has 0 fully saturated rings. The number of halogens is 1. The highest BCUT2D eigenvalue weighted by Crippen LogP contribution is 2.21. The van der Waals surface area contributed by atoms with Gasteiger partial charge >= 0.3 is 0 Å². The molecule has 0 bridgehead atoms. The standard InChI is InChI=1S/C10H14ClN/c1-10(12,7-8-11)9-5-3-2-4-6-9/h2-6H,7-8,12H2,1H3. The van der Waals surface area contributed by atoms with E-state index in [0.717, 1.165) is 12.0 Å². The molecule has 1 unspecified atom stereocenters. The topological polar surface area (TPSA) is 26.0 Å². The van der Waals surface area contributed by atoms with E-state index in [1.54, 1.807) is 0 Å². The van der Waals surface area contributed by atoms with Gasteiger partial charge in [-0.05, 0) is 18.9 Å². The van der Waals surface area contributed by atoms with Crippen LogP contribution in [0.25, 0.3) is 0 Å². The van der Waals surface area contributed by atoms with Crippen molar-refractivity contribution in [2.45, 2.75) is 18.9 Å². The molecule has 1 rings (SSSR count). The minimum absolute atomic E-state index is 0.289. The normalized spacial score (nSPS) is 15.6. The van der Waals surface area contributed by atoms with Crippen LogP contribution in [-0.4, -0.2) is 5.88 Å². The molecule has 1 aromatic carbocycles. The van der Waals surface area contributed by atoms with E-state index in [4.69, 9.17) is 17.3 Å². The van der Waals surface area contributed by atoms with E-state index < -0.39 is 0 Å². The van der Waals surface area contributed by atoms with Crippen LogP contribution in [0.3, 0.4) is 0 Å². The highest BCUT2D eigenvalue weighted by molar-refractivity contribution is 6.17. The Bertz CT molecular complexity index is 231. The van der Waals surface area contributed by atoms with Crippen molar-refractivity contribution in [3.8, 4) is 0 Å². The molecule has 0 amide bonds. The fourth-order valence-corrected chi connectivity index (χ4v) is 1.55.